The Morgan fingerprint density at radius 1 is 0.714 bits per heavy atom. The minimum absolute atomic E-state index is 0.00373. The molecule has 0 amide bonds. The molecule has 182 valence electrons. The Morgan fingerprint density at radius 3 is 1.86 bits per heavy atom. The predicted octanol–water partition coefficient (Wildman–Crippen LogP) is 3.17. The Bertz CT molecular complexity index is 1420. The number of carbonyl (C=O) groups is 4. The highest BCUT2D eigenvalue weighted by atomic mass is 16.6. The molecule has 2 aromatic carbocycles. The highest BCUT2D eigenvalue weighted by Crippen LogP contribution is 2.44. The maximum absolute atomic E-state index is 13.6. The summed E-state index contributed by atoms with van der Waals surface area (Å²) in [4.78, 5) is 60.2. The molecule has 35 heavy (non-hydrogen) atoms. The molecule has 1 heterocycles. The van der Waals surface area contributed by atoms with E-state index in [1.807, 2.05) is 0 Å². The summed E-state index contributed by atoms with van der Waals surface area (Å²) in [6.07, 6.45) is 1.13. The molecule has 11 heteroatoms. The van der Waals surface area contributed by atoms with Crippen molar-refractivity contribution >= 4 is 34.8 Å². The van der Waals surface area contributed by atoms with Crippen LogP contribution >= 0.6 is 0 Å². The molecule has 0 saturated heterocycles. The number of rotatable bonds is 6. The smallest absolute Gasteiger partial charge is 0.308 e. The standard InChI is InChI=1S/C24H20O11/c1-11(25)32-18-8-15(6-7-17(18)30-5)16-10-31-19-9-20(33-12(2)26)23(34-13(3)27)24(35-14(4)28)21(19)22(16)29/h6-10H,1-5H3. The van der Waals surface area contributed by atoms with Gasteiger partial charge in [-0.05, 0) is 17.7 Å². The van der Waals surface area contributed by atoms with Crippen LogP contribution in [0.15, 0.2) is 39.7 Å². The molecule has 1 aromatic heterocycles. The lowest BCUT2D eigenvalue weighted by atomic mass is 10.0. The van der Waals surface area contributed by atoms with Crippen molar-refractivity contribution in [3.05, 3.63) is 40.8 Å². The van der Waals surface area contributed by atoms with Gasteiger partial charge < -0.3 is 28.1 Å². The van der Waals surface area contributed by atoms with Gasteiger partial charge in [-0.15, -0.1) is 0 Å². The minimum atomic E-state index is -0.842. The number of esters is 4. The summed E-state index contributed by atoms with van der Waals surface area (Å²) in [7, 11) is 1.38. The zero-order valence-corrected chi connectivity index (χ0v) is 19.4. The van der Waals surface area contributed by atoms with E-state index in [0.717, 1.165) is 33.1 Å². The molecule has 0 radical (unpaired) electrons. The van der Waals surface area contributed by atoms with Gasteiger partial charge in [0.1, 0.15) is 17.2 Å². The molecule has 0 aliphatic heterocycles. The number of fused-ring (bicyclic) bond motifs is 1. The number of carbonyl (C=O) groups excluding carboxylic acids is 4. The second-order valence-electron chi connectivity index (χ2n) is 7.12. The Balaban J connectivity index is 2.36. The first kappa shape index (κ1) is 25.0. The van der Waals surface area contributed by atoms with Crippen molar-refractivity contribution < 1.29 is 47.3 Å². The fourth-order valence-electron chi connectivity index (χ4n) is 3.20. The summed E-state index contributed by atoms with van der Waals surface area (Å²) in [5.41, 5.74) is -0.513. The van der Waals surface area contributed by atoms with Gasteiger partial charge in [0.25, 0.3) is 0 Å². The molecule has 3 rings (SSSR count). The van der Waals surface area contributed by atoms with E-state index in [2.05, 4.69) is 0 Å². The fourth-order valence-corrected chi connectivity index (χ4v) is 3.20. The second-order valence-corrected chi connectivity index (χ2v) is 7.12. The van der Waals surface area contributed by atoms with Crippen molar-refractivity contribution in [1.82, 2.24) is 0 Å². The first-order valence-corrected chi connectivity index (χ1v) is 10.1. The van der Waals surface area contributed by atoms with Crippen LogP contribution in [0.4, 0.5) is 0 Å². The Labute approximate surface area is 198 Å². The third-order valence-electron chi connectivity index (χ3n) is 4.41. The zero-order chi connectivity index (χ0) is 25.9. The number of hydrogen-bond donors (Lipinski definition) is 0. The Morgan fingerprint density at radius 2 is 1.29 bits per heavy atom. The Hall–Kier alpha value is -4.67. The van der Waals surface area contributed by atoms with Crippen LogP contribution in [0.2, 0.25) is 0 Å². The molecule has 0 saturated carbocycles. The summed E-state index contributed by atoms with van der Waals surface area (Å²) in [6.45, 7) is 4.46. The van der Waals surface area contributed by atoms with E-state index >= 15 is 0 Å². The average Bonchev–Trinajstić information content (AvgIpc) is 2.74. The summed E-state index contributed by atoms with van der Waals surface area (Å²) >= 11 is 0. The van der Waals surface area contributed by atoms with E-state index in [9.17, 15) is 24.0 Å². The second kappa shape index (κ2) is 10.1. The lowest BCUT2D eigenvalue weighted by Crippen LogP contribution is -2.14. The van der Waals surface area contributed by atoms with Gasteiger partial charge in [-0.1, -0.05) is 6.07 Å². The van der Waals surface area contributed by atoms with Crippen LogP contribution in [-0.4, -0.2) is 31.0 Å². The van der Waals surface area contributed by atoms with Crippen molar-refractivity contribution in [3.8, 4) is 39.9 Å². The molecule has 0 spiro atoms. The number of hydrogen-bond acceptors (Lipinski definition) is 11. The molecule has 3 aromatic rings. The van der Waals surface area contributed by atoms with E-state index in [4.69, 9.17) is 28.1 Å². The first-order valence-electron chi connectivity index (χ1n) is 10.1. The molecular formula is C24H20O11. The van der Waals surface area contributed by atoms with Gasteiger partial charge in [-0.25, -0.2) is 0 Å². The number of methoxy groups -OCH3 is 1. The van der Waals surface area contributed by atoms with E-state index in [-0.39, 0.29) is 39.3 Å². The van der Waals surface area contributed by atoms with Gasteiger partial charge in [0.2, 0.25) is 11.2 Å². The third kappa shape index (κ3) is 5.46. The highest BCUT2D eigenvalue weighted by molar-refractivity contribution is 5.95. The molecule has 0 unspecified atom stereocenters. The molecule has 0 atom stereocenters. The Kier molecular flexibility index (Phi) is 7.19. The van der Waals surface area contributed by atoms with Crippen molar-refractivity contribution in [3.63, 3.8) is 0 Å². The van der Waals surface area contributed by atoms with Crippen molar-refractivity contribution in [2.45, 2.75) is 27.7 Å². The largest absolute Gasteiger partial charge is 0.493 e. The summed E-state index contributed by atoms with van der Waals surface area (Å²) in [6, 6.07) is 5.56. The summed E-state index contributed by atoms with van der Waals surface area (Å²) in [5, 5.41) is -0.255. The van der Waals surface area contributed by atoms with Crippen molar-refractivity contribution in [2.75, 3.05) is 7.11 Å². The van der Waals surface area contributed by atoms with Crippen LogP contribution in [0.25, 0.3) is 22.1 Å². The van der Waals surface area contributed by atoms with E-state index in [0.29, 0.717) is 0 Å². The minimum Gasteiger partial charge on any atom is -0.493 e. The molecule has 0 aliphatic rings. The van der Waals surface area contributed by atoms with Crippen LogP contribution in [0, 0.1) is 0 Å². The summed E-state index contributed by atoms with van der Waals surface area (Å²) < 4.78 is 31.3. The van der Waals surface area contributed by atoms with Gasteiger partial charge in [0.05, 0.1) is 12.7 Å². The monoisotopic (exact) mass is 484 g/mol. The average molecular weight is 484 g/mol. The van der Waals surface area contributed by atoms with Crippen molar-refractivity contribution in [2.24, 2.45) is 0 Å². The van der Waals surface area contributed by atoms with Crippen molar-refractivity contribution in [1.29, 1.82) is 0 Å². The lowest BCUT2D eigenvalue weighted by molar-refractivity contribution is -0.135. The quantitative estimate of drug-likeness (QED) is 0.376. The van der Waals surface area contributed by atoms with Crippen LogP contribution in [-0.2, 0) is 19.2 Å². The lowest BCUT2D eigenvalue weighted by Gasteiger charge is -2.15. The maximum Gasteiger partial charge on any atom is 0.308 e. The van der Waals surface area contributed by atoms with Gasteiger partial charge in [0.15, 0.2) is 23.0 Å². The SMILES string of the molecule is COc1ccc(-c2coc3cc(OC(C)=O)c(OC(C)=O)c(OC(C)=O)c3c2=O)cc1OC(C)=O. The van der Waals surface area contributed by atoms with Gasteiger partial charge in [-0.2, -0.15) is 0 Å². The van der Waals surface area contributed by atoms with E-state index < -0.39 is 40.8 Å². The number of ether oxygens (including phenoxy) is 5. The molecule has 0 N–H and O–H groups in total. The molecule has 0 aliphatic carbocycles. The van der Waals surface area contributed by atoms with Crippen LogP contribution in [0.1, 0.15) is 27.7 Å². The van der Waals surface area contributed by atoms with E-state index in [1.165, 1.54) is 32.2 Å². The van der Waals surface area contributed by atoms with Gasteiger partial charge in [0, 0.05) is 33.8 Å². The molecule has 0 fully saturated rings. The molecular weight excluding hydrogens is 464 g/mol. The van der Waals surface area contributed by atoms with Gasteiger partial charge in [-0.3, -0.25) is 24.0 Å². The van der Waals surface area contributed by atoms with Crippen LogP contribution in [0.3, 0.4) is 0 Å². The summed E-state index contributed by atoms with van der Waals surface area (Å²) in [5.74, 6) is -3.94. The maximum atomic E-state index is 13.6. The zero-order valence-electron chi connectivity index (χ0n) is 19.4. The van der Waals surface area contributed by atoms with Crippen LogP contribution < -0.4 is 29.1 Å². The first-order chi connectivity index (χ1) is 16.5. The topological polar surface area (TPSA) is 145 Å². The normalized spacial score (nSPS) is 10.4. The highest BCUT2D eigenvalue weighted by Gasteiger charge is 2.26. The number of benzene rings is 2. The predicted molar refractivity (Wildman–Crippen MR) is 120 cm³/mol. The van der Waals surface area contributed by atoms with Crippen LogP contribution in [0.5, 0.6) is 28.7 Å². The van der Waals surface area contributed by atoms with Gasteiger partial charge >= 0.3 is 23.9 Å². The van der Waals surface area contributed by atoms with E-state index in [1.54, 1.807) is 0 Å². The molecule has 11 nitrogen and oxygen atoms in total. The fraction of sp³-hybridized carbons (Fsp3) is 0.208. The molecule has 0 bridgehead atoms. The third-order valence-corrected chi connectivity index (χ3v) is 4.41.